The number of unbranched alkanes of at least 4 members (excludes halogenated alkanes) is 10. The van der Waals surface area contributed by atoms with Crippen LogP contribution in [0.2, 0.25) is 0 Å². The minimum absolute atomic E-state index is 0.0258. The Bertz CT molecular complexity index is 544. The molecule has 0 amide bonds. The number of hydrogen-bond acceptors (Lipinski definition) is 4. The first-order valence-corrected chi connectivity index (χ1v) is 11.9. The summed E-state index contributed by atoms with van der Waals surface area (Å²) in [5.74, 6) is 0. The molecule has 1 aromatic heterocycles. The molecule has 6 nitrogen and oxygen atoms in total. The van der Waals surface area contributed by atoms with Gasteiger partial charge in [0.15, 0.2) is 0 Å². The third-order valence-electron chi connectivity index (χ3n) is 4.48. The Balaban J connectivity index is 0.000000503. The van der Waals surface area contributed by atoms with E-state index < -0.39 is 10.4 Å². The lowest BCUT2D eigenvalue weighted by Crippen LogP contribution is -2.29. The number of nitrogens with zero attached hydrogens (tertiary/aromatic N) is 1. The van der Waals surface area contributed by atoms with Gasteiger partial charge in [0.25, 0.3) is 0 Å². The third kappa shape index (κ3) is 18.2. The van der Waals surface area contributed by atoms with Gasteiger partial charge in [-0.3, -0.25) is 4.18 Å². The molecule has 0 unspecified atom stereocenters. The Morgan fingerprint density at radius 1 is 0.926 bits per heavy atom. The summed E-state index contributed by atoms with van der Waals surface area (Å²) in [6.07, 6.45) is 19.8. The molecule has 0 aromatic carbocycles. The highest BCUT2D eigenvalue weighted by Crippen LogP contribution is 2.07. The summed E-state index contributed by atoms with van der Waals surface area (Å²) in [6.45, 7) is 4.42. The second-order valence-corrected chi connectivity index (χ2v) is 8.11. The van der Waals surface area contributed by atoms with Crippen molar-refractivity contribution in [2.45, 2.75) is 97.3 Å². The number of nitrogens with one attached hydrogen (secondary N) is 1. The largest absolute Gasteiger partial charge is 0.726 e. The van der Waals surface area contributed by atoms with Gasteiger partial charge in [-0.25, -0.2) is 18.0 Å². The first kappa shape index (κ1) is 26.1. The summed E-state index contributed by atoms with van der Waals surface area (Å²) < 4.78 is 36.2. The van der Waals surface area contributed by atoms with Gasteiger partial charge in [-0.05, 0) is 12.8 Å². The molecular weight excluding hydrogens is 364 g/mol. The molecule has 0 saturated heterocycles. The minimum atomic E-state index is -4.47. The Morgan fingerprint density at radius 3 is 1.93 bits per heavy atom. The maximum atomic E-state index is 9.99. The number of H-pyrrole nitrogens is 1. The van der Waals surface area contributed by atoms with Gasteiger partial charge in [0.05, 0.1) is 13.7 Å². The number of aromatic nitrogens is 2. The molecule has 0 spiro atoms. The Hall–Kier alpha value is -0.920. The summed E-state index contributed by atoms with van der Waals surface area (Å²) >= 11 is 0. The van der Waals surface area contributed by atoms with Crippen molar-refractivity contribution in [1.29, 1.82) is 0 Å². The van der Waals surface area contributed by atoms with Gasteiger partial charge >= 0.3 is 0 Å². The minimum Gasteiger partial charge on any atom is -0.726 e. The maximum absolute atomic E-state index is 9.99. The monoisotopic (exact) mass is 404 g/mol. The van der Waals surface area contributed by atoms with Crippen LogP contribution in [0.15, 0.2) is 12.5 Å². The fraction of sp³-hybridized carbons (Fsp3) is 0.850. The van der Waals surface area contributed by atoms with Crippen LogP contribution in [-0.4, -0.2) is 24.6 Å². The van der Waals surface area contributed by atoms with E-state index in [1.807, 2.05) is 6.33 Å². The maximum Gasteiger partial charge on any atom is 0.241 e. The number of aromatic amines is 1. The van der Waals surface area contributed by atoms with Crippen molar-refractivity contribution in [2.24, 2.45) is 7.05 Å². The van der Waals surface area contributed by atoms with Crippen LogP contribution in [0.25, 0.3) is 0 Å². The zero-order chi connectivity index (χ0) is 20.4. The van der Waals surface area contributed by atoms with Crippen LogP contribution >= 0.6 is 0 Å². The number of rotatable bonds is 15. The van der Waals surface area contributed by atoms with Crippen molar-refractivity contribution in [3.63, 3.8) is 0 Å². The second kappa shape index (κ2) is 17.2. The highest BCUT2D eigenvalue weighted by Gasteiger charge is 2.03. The fourth-order valence-corrected chi connectivity index (χ4v) is 3.13. The lowest BCUT2D eigenvalue weighted by molar-refractivity contribution is -0.677. The van der Waals surface area contributed by atoms with Crippen LogP contribution in [0.4, 0.5) is 0 Å². The van der Waals surface area contributed by atoms with Crippen LogP contribution in [0.1, 0.15) is 96.6 Å². The molecule has 1 heterocycles. The van der Waals surface area contributed by atoms with Crippen molar-refractivity contribution in [1.82, 2.24) is 4.98 Å². The molecule has 1 rings (SSSR count). The van der Waals surface area contributed by atoms with Crippen molar-refractivity contribution in [2.75, 3.05) is 6.61 Å². The van der Waals surface area contributed by atoms with E-state index in [2.05, 4.69) is 40.8 Å². The zero-order valence-electron chi connectivity index (χ0n) is 17.5. The smallest absolute Gasteiger partial charge is 0.241 e. The quantitative estimate of drug-likeness (QED) is 0.201. The molecule has 0 fully saturated rings. The van der Waals surface area contributed by atoms with Gasteiger partial charge in [-0.1, -0.05) is 78.1 Å². The van der Waals surface area contributed by atoms with E-state index in [0.29, 0.717) is 6.42 Å². The van der Waals surface area contributed by atoms with Crippen molar-refractivity contribution in [3.05, 3.63) is 18.2 Å². The number of imidazole rings is 1. The van der Waals surface area contributed by atoms with Gasteiger partial charge in [0.1, 0.15) is 11.9 Å². The van der Waals surface area contributed by atoms with Crippen molar-refractivity contribution < 1.29 is 21.7 Å². The van der Waals surface area contributed by atoms with E-state index in [1.165, 1.54) is 69.9 Å². The highest BCUT2D eigenvalue weighted by molar-refractivity contribution is 7.80. The van der Waals surface area contributed by atoms with Gasteiger partial charge in [0, 0.05) is 6.42 Å². The Morgan fingerprint density at radius 2 is 1.44 bits per heavy atom. The van der Waals surface area contributed by atoms with Crippen molar-refractivity contribution >= 4 is 10.4 Å². The highest BCUT2D eigenvalue weighted by atomic mass is 32.3. The molecule has 1 aromatic rings. The van der Waals surface area contributed by atoms with Crippen LogP contribution < -0.4 is 4.57 Å². The summed E-state index contributed by atoms with van der Waals surface area (Å²) in [5.41, 5.74) is 1.42. The zero-order valence-corrected chi connectivity index (χ0v) is 18.4. The van der Waals surface area contributed by atoms with Crippen molar-refractivity contribution in [3.8, 4) is 0 Å². The van der Waals surface area contributed by atoms with Gasteiger partial charge in [0.2, 0.25) is 16.7 Å². The van der Waals surface area contributed by atoms with Crippen LogP contribution in [0.5, 0.6) is 0 Å². The summed E-state index contributed by atoms with van der Waals surface area (Å²) in [5, 5.41) is 0. The van der Waals surface area contributed by atoms with Crippen LogP contribution in [0.3, 0.4) is 0 Å². The molecule has 0 aliphatic rings. The van der Waals surface area contributed by atoms with Crippen LogP contribution in [-0.2, 0) is 28.1 Å². The molecule has 0 bridgehead atoms. The van der Waals surface area contributed by atoms with Gasteiger partial charge < -0.3 is 4.55 Å². The third-order valence-corrected chi connectivity index (χ3v) is 4.94. The molecule has 1 N–H and O–H groups in total. The summed E-state index contributed by atoms with van der Waals surface area (Å²) in [6, 6.07) is 0. The van der Waals surface area contributed by atoms with E-state index in [1.54, 1.807) is 0 Å². The summed E-state index contributed by atoms with van der Waals surface area (Å²) in [4.78, 5) is 3.12. The van der Waals surface area contributed by atoms with E-state index in [-0.39, 0.29) is 6.61 Å². The molecule has 0 saturated carbocycles. The SMILES string of the molecule is CCCCCCCCOS(=O)(=O)[O-].CCCCCCCCc1c[nH]c[n+]1C. The molecular formula is C20H40N2O4S. The first-order valence-electron chi connectivity index (χ1n) is 10.5. The number of hydrogen-bond donors (Lipinski definition) is 1. The van der Waals surface area contributed by atoms with Crippen LogP contribution in [0, 0.1) is 0 Å². The normalized spacial score (nSPS) is 11.3. The Kier molecular flexibility index (Phi) is 16.6. The Labute approximate surface area is 166 Å². The molecule has 0 aliphatic heterocycles. The average molecular weight is 405 g/mol. The molecule has 27 heavy (non-hydrogen) atoms. The van der Waals surface area contributed by atoms with E-state index in [0.717, 1.165) is 12.8 Å². The topological polar surface area (TPSA) is 86.1 Å². The number of aryl methyl sites for hydroxylation is 2. The standard InChI is InChI=1S/C12H22N2.C8H18O4S/c1-3-4-5-6-7-8-9-12-10-13-11-14(12)2;1-2-3-4-5-6-7-8-12-13(9,10)11/h10-11H,3-9H2,1-2H3;2-8H2,1H3,(H,9,10,11). The molecule has 7 heteroatoms. The molecule has 0 atom stereocenters. The second-order valence-electron chi connectivity index (χ2n) is 7.06. The molecule has 0 aliphatic carbocycles. The van der Waals surface area contributed by atoms with E-state index in [4.69, 9.17) is 0 Å². The lowest BCUT2D eigenvalue weighted by Gasteiger charge is -2.06. The predicted molar refractivity (Wildman–Crippen MR) is 108 cm³/mol. The molecule has 160 valence electrons. The first-order chi connectivity index (χ1) is 12.9. The van der Waals surface area contributed by atoms with Gasteiger partial charge in [-0.2, -0.15) is 0 Å². The lowest BCUT2D eigenvalue weighted by atomic mass is 10.1. The van der Waals surface area contributed by atoms with Gasteiger partial charge in [-0.15, -0.1) is 0 Å². The van der Waals surface area contributed by atoms with E-state index >= 15 is 0 Å². The predicted octanol–water partition coefficient (Wildman–Crippen LogP) is 4.57. The average Bonchev–Trinajstić information content (AvgIpc) is 3.02. The summed E-state index contributed by atoms with van der Waals surface area (Å²) in [7, 11) is -2.37. The fourth-order valence-electron chi connectivity index (χ4n) is 2.81. The molecule has 0 radical (unpaired) electrons. The van der Waals surface area contributed by atoms with E-state index in [9.17, 15) is 13.0 Å².